The van der Waals surface area contributed by atoms with Crippen molar-refractivity contribution in [1.29, 1.82) is 0 Å². The van der Waals surface area contributed by atoms with E-state index in [1.54, 1.807) is 6.07 Å². The number of hydrogen-bond acceptors (Lipinski definition) is 4. The fourth-order valence-corrected chi connectivity index (χ4v) is 3.04. The maximum atomic E-state index is 13.3. The highest BCUT2D eigenvalue weighted by Gasteiger charge is 2.18. The third-order valence-corrected chi connectivity index (χ3v) is 4.18. The van der Waals surface area contributed by atoms with Crippen LogP contribution in [0.4, 0.5) is 21.6 Å². The molecule has 1 amide bonds. The Morgan fingerprint density at radius 1 is 1.15 bits per heavy atom. The van der Waals surface area contributed by atoms with Gasteiger partial charge in [-0.25, -0.2) is 4.39 Å². The number of aromatic nitrogens is 1. The highest BCUT2D eigenvalue weighted by atomic mass is 19.1. The van der Waals surface area contributed by atoms with Gasteiger partial charge in [-0.3, -0.25) is 4.79 Å². The second kappa shape index (κ2) is 7.02. The number of carbonyl (C=O) groups excluding carboxylic acids is 1. The first-order valence-corrected chi connectivity index (χ1v) is 8.85. The molecule has 27 heavy (non-hydrogen) atoms. The second-order valence-corrected chi connectivity index (χ2v) is 8.07. The first kappa shape index (κ1) is 18.9. The van der Waals surface area contributed by atoms with Crippen LogP contribution >= 0.6 is 0 Å². The number of nitrogens with one attached hydrogen (secondary N) is 2. The van der Waals surface area contributed by atoms with Crippen molar-refractivity contribution >= 4 is 34.1 Å². The maximum absolute atomic E-state index is 13.3. The summed E-state index contributed by atoms with van der Waals surface area (Å²) >= 11 is 0. The van der Waals surface area contributed by atoms with Crippen LogP contribution in [0.2, 0.25) is 0 Å². The predicted molar refractivity (Wildman–Crippen MR) is 106 cm³/mol. The van der Waals surface area contributed by atoms with Crippen LogP contribution in [0.5, 0.6) is 0 Å². The fraction of sp³-hybridized carbons (Fsp3) is 0.333. The number of rotatable bonds is 4. The van der Waals surface area contributed by atoms with Crippen molar-refractivity contribution in [3.8, 4) is 0 Å². The zero-order valence-corrected chi connectivity index (χ0v) is 16.2. The van der Waals surface area contributed by atoms with Gasteiger partial charge in [-0.05, 0) is 54.7 Å². The van der Waals surface area contributed by atoms with Crippen molar-refractivity contribution in [2.75, 3.05) is 10.6 Å². The quantitative estimate of drug-likeness (QED) is 0.619. The van der Waals surface area contributed by atoms with Gasteiger partial charge in [0.1, 0.15) is 5.82 Å². The van der Waals surface area contributed by atoms with Crippen LogP contribution in [0.15, 0.2) is 34.9 Å². The Hall–Kier alpha value is -2.89. The normalized spacial score (nSPS) is 11.6. The monoisotopic (exact) mass is 369 g/mol. The SMILES string of the molecule is Cc1cc(Nc2noc3cc(F)ccc23)cc(C)c1NC(=O)CC(C)(C)C. The number of benzene rings is 2. The first-order valence-electron chi connectivity index (χ1n) is 8.85. The third-order valence-electron chi connectivity index (χ3n) is 4.18. The van der Waals surface area contributed by atoms with E-state index >= 15 is 0 Å². The van der Waals surface area contributed by atoms with Crippen molar-refractivity contribution < 1.29 is 13.7 Å². The van der Waals surface area contributed by atoms with Gasteiger partial charge >= 0.3 is 0 Å². The first-order chi connectivity index (χ1) is 12.6. The molecule has 0 fully saturated rings. The molecule has 3 rings (SSSR count). The van der Waals surface area contributed by atoms with Crippen LogP contribution in [0.25, 0.3) is 11.0 Å². The van der Waals surface area contributed by atoms with Gasteiger partial charge in [-0.15, -0.1) is 0 Å². The van der Waals surface area contributed by atoms with Gasteiger partial charge in [0.25, 0.3) is 0 Å². The Balaban J connectivity index is 1.83. The second-order valence-electron chi connectivity index (χ2n) is 8.07. The number of fused-ring (bicyclic) bond motifs is 1. The summed E-state index contributed by atoms with van der Waals surface area (Å²) in [6.07, 6.45) is 0.452. The Bertz CT molecular complexity index is 979. The van der Waals surface area contributed by atoms with Gasteiger partial charge in [0.2, 0.25) is 5.91 Å². The molecule has 0 radical (unpaired) electrons. The highest BCUT2D eigenvalue weighted by Crippen LogP contribution is 2.30. The van der Waals surface area contributed by atoms with Gasteiger partial charge in [0.15, 0.2) is 11.4 Å². The molecule has 3 aromatic rings. The van der Waals surface area contributed by atoms with Crippen LogP contribution < -0.4 is 10.6 Å². The van der Waals surface area contributed by atoms with Crippen LogP contribution in [-0.2, 0) is 4.79 Å². The van der Waals surface area contributed by atoms with Gasteiger partial charge in [-0.2, -0.15) is 0 Å². The van der Waals surface area contributed by atoms with E-state index in [4.69, 9.17) is 4.52 Å². The summed E-state index contributed by atoms with van der Waals surface area (Å²) in [6.45, 7) is 10.00. The predicted octanol–water partition coefficient (Wildman–Crippen LogP) is 5.70. The Labute approximate surface area is 157 Å². The number of amides is 1. The third kappa shape index (κ3) is 4.45. The van der Waals surface area contributed by atoms with Crippen LogP contribution in [-0.4, -0.2) is 11.1 Å². The molecule has 0 saturated carbocycles. The van der Waals surface area contributed by atoms with Crippen molar-refractivity contribution in [2.24, 2.45) is 5.41 Å². The molecular weight excluding hydrogens is 345 g/mol. The van der Waals surface area contributed by atoms with E-state index in [0.717, 1.165) is 22.5 Å². The lowest BCUT2D eigenvalue weighted by molar-refractivity contribution is -0.117. The number of hydrogen-bond donors (Lipinski definition) is 2. The van der Waals surface area contributed by atoms with Gasteiger partial charge in [-0.1, -0.05) is 25.9 Å². The molecule has 0 aliphatic heterocycles. The molecule has 6 heteroatoms. The minimum atomic E-state index is -0.368. The van der Waals surface area contributed by atoms with Crippen molar-refractivity contribution in [3.63, 3.8) is 0 Å². The van der Waals surface area contributed by atoms with E-state index in [9.17, 15) is 9.18 Å². The Morgan fingerprint density at radius 2 is 1.81 bits per heavy atom. The molecule has 5 nitrogen and oxygen atoms in total. The van der Waals surface area contributed by atoms with Gasteiger partial charge < -0.3 is 15.2 Å². The molecule has 0 saturated heterocycles. The average Bonchev–Trinajstić information content (AvgIpc) is 2.91. The molecule has 0 atom stereocenters. The lowest BCUT2D eigenvalue weighted by atomic mass is 9.92. The minimum absolute atomic E-state index is 0.000990. The molecule has 0 aliphatic rings. The zero-order valence-electron chi connectivity index (χ0n) is 16.2. The number of halogens is 1. The molecule has 0 aliphatic carbocycles. The molecule has 0 unspecified atom stereocenters. The number of nitrogens with zero attached hydrogens (tertiary/aromatic N) is 1. The summed E-state index contributed by atoms with van der Waals surface area (Å²) in [7, 11) is 0. The molecular formula is C21H24FN3O2. The van der Waals surface area contributed by atoms with E-state index in [-0.39, 0.29) is 17.1 Å². The van der Waals surface area contributed by atoms with Crippen molar-refractivity contribution in [2.45, 2.75) is 41.0 Å². The summed E-state index contributed by atoms with van der Waals surface area (Å²) in [5, 5.41) is 10.9. The molecule has 0 spiro atoms. The van der Waals surface area contributed by atoms with E-state index in [0.29, 0.717) is 23.2 Å². The summed E-state index contributed by atoms with van der Waals surface area (Å²) in [5.74, 6) is 0.152. The van der Waals surface area contributed by atoms with E-state index in [2.05, 4.69) is 15.8 Å². The molecule has 2 N–H and O–H groups in total. The zero-order chi connectivity index (χ0) is 19.8. The summed E-state index contributed by atoms with van der Waals surface area (Å²) in [4.78, 5) is 12.3. The minimum Gasteiger partial charge on any atom is -0.354 e. The van der Waals surface area contributed by atoms with Crippen LogP contribution in [0, 0.1) is 25.1 Å². The lowest BCUT2D eigenvalue weighted by Crippen LogP contribution is -2.20. The van der Waals surface area contributed by atoms with Crippen LogP contribution in [0.3, 0.4) is 0 Å². The lowest BCUT2D eigenvalue weighted by Gasteiger charge is -2.19. The maximum Gasteiger partial charge on any atom is 0.224 e. The molecule has 0 bridgehead atoms. The van der Waals surface area contributed by atoms with Gasteiger partial charge in [0, 0.05) is 23.9 Å². The summed E-state index contributed by atoms with van der Waals surface area (Å²) in [5.41, 5.74) is 3.84. The van der Waals surface area contributed by atoms with E-state index in [1.807, 2.05) is 46.8 Å². The molecule has 1 aromatic heterocycles. The smallest absolute Gasteiger partial charge is 0.224 e. The largest absolute Gasteiger partial charge is 0.354 e. The molecule has 2 aromatic carbocycles. The number of aryl methyl sites for hydroxylation is 2. The highest BCUT2D eigenvalue weighted by molar-refractivity contribution is 5.94. The molecule has 1 heterocycles. The fourth-order valence-electron chi connectivity index (χ4n) is 3.04. The number of anilines is 3. The molecule has 142 valence electrons. The average molecular weight is 369 g/mol. The standard InChI is InChI=1S/C21H24FN3O2/c1-12-8-15(9-13(2)19(12)24-18(26)11-21(3,4)5)23-20-16-7-6-14(22)10-17(16)27-25-20/h6-10H,11H2,1-5H3,(H,23,25)(H,24,26). The van der Waals surface area contributed by atoms with Crippen molar-refractivity contribution in [3.05, 3.63) is 47.3 Å². The van der Waals surface area contributed by atoms with E-state index < -0.39 is 0 Å². The van der Waals surface area contributed by atoms with Crippen molar-refractivity contribution in [1.82, 2.24) is 5.16 Å². The van der Waals surface area contributed by atoms with Crippen LogP contribution in [0.1, 0.15) is 38.3 Å². The van der Waals surface area contributed by atoms with Gasteiger partial charge in [0.05, 0.1) is 5.39 Å². The topological polar surface area (TPSA) is 67.2 Å². The number of carbonyl (C=O) groups is 1. The summed E-state index contributed by atoms with van der Waals surface area (Å²) in [6, 6.07) is 8.17. The Morgan fingerprint density at radius 3 is 2.44 bits per heavy atom. The Kier molecular flexibility index (Phi) is 4.91. The summed E-state index contributed by atoms with van der Waals surface area (Å²) < 4.78 is 18.5. The van der Waals surface area contributed by atoms with E-state index in [1.165, 1.54) is 12.1 Å².